The molecule has 4 heterocycles. The number of pyridine rings is 1. The van der Waals surface area contributed by atoms with Gasteiger partial charge in [0.15, 0.2) is 0 Å². The maximum Gasteiger partial charge on any atom is 0.293 e. The minimum absolute atomic E-state index is 0.118. The molecule has 3 N–H and O–H groups in total. The van der Waals surface area contributed by atoms with E-state index in [4.69, 9.17) is 21.1 Å². The summed E-state index contributed by atoms with van der Waals surface area (Å²) >= 11 is 6.25. The summed E-state index contributed by atoms with van der Waals surface area (Å²) in [7, 11) is -4.54. The standard InChI is InChI=1S/C46H52ClN7O7S/c1-30(34-22-32-13-15-48-44(32)50-26-34)40-23-36(53-18-16-52(17-19-53)28-33-12-14-46(2,3)25-41(33)31-4-6-35(47)7-5-31)8-10-39(40)45(55)51-62(58,59)38-9-11-42(43(24-38)54(56)57)49-27-37-29-60-20-21-61-37/h4-11,13,15,22-24,26,30,37,49H,12,14,16-21,25,27-29H2,1-3H3,(H,48,50)(H,51,55)/t30?,37-/m0/s1. The first-order valence-electron chi connectivity index (χ1n) is 21.0. The number of allylic oxidation sites excluding steroid dienone is 1. The first-order chi connectivity index (χ1) is 29.7. The Morgan fingerprint density at radius 2 is 1.84 bits per heavy atom. The lowest BCUT2D eigenvalue weighted by Gasteiger charge is -2.39. The number of anilines is 2. The molecular formula is C46H52ClN7O7S. The van der Waals surface area contributed by atoms with E-state index >= 15 is 0 Å². The van der Waals surface area contributed by atoms with E-state index in [0.717, 1.165) is 85.4 Å². The largest absolute Gasteiger partial charge is 0.377 e. The van der Waals surface area contributed by atoms with Crippen molar-refractivity contribution < 1.29 is 27.6 Å². The highest BCUT2D eigenvalue weighted by atomic mass is 35.5. The molecule has 3 aliphatic rings. The summed E-state index contributed by atoms with van der Waals surface area (Å²) in [5.74, 6) is -1.20. The van der Waals surface area contributed by atoms with Gasteiger partial charge in [-0.3, -0.25) is 19.8 Å². The van der Waals surface area contributed by atoms with Gasteiger partial charge in [0.2, 0.25) is 0 Å². The molecule has 2 aromatic heterocycles. The molecule has 326 valence electrons. The van der Waals surface area contributed by atoms with E-state index in [1.54, 1.807) is 12.3 Å². The Kier molecular flexibility index (Phi) is 12.7. The number of nitrogens with zero attached hydrogens (tertiary/aromatic N) is 4. The fourth-order valence-corrected chi connectivity index (χ4v) is 9.79. The molecule has 3 aromatic carbocycles. The molecule has 0 spiro atoms. The lowest BCUT2D eigenvalue weighted by atomic mass is 9.72. The SMILES string of the molecule is CC(c1cnc2[nH]ccc2c1)c1cc(N2CCN(CC3=C(c4ccc(Cl)cc4)CC(C)(C)CC3)CC2)ccc1C(=O)NS(=O)(=O)c1ccc(NC[C@H]2COCCO2)c([N+](=O)[O-])c1. The van der Waals surface area contributed by atoms with Crippen molar-refractivity contribution in [3.63, 3.8) is 0 Å². The van der Waals surface area contributed by atoms with E-state index < -0.39 is 31.4 Å². The van der Waals surface area contributed by atoms with Crippen molar-refractivity contribution in [3.05, 3.63) is 128 Å². The maximum absolute atomic E-state index is 14.1. The third-order valence-electron chi connectivity index (χ3n) is 12.3. The molecule has 0 bridgehead atoms. The predicted octanol–water partition coefficient (Wildman–Crippen LogP) is 8.01. The number of ether oxygens (including phenoxy) is 2. The van der Waals surface area contributed by atoms with Gasteiger partial charge in [0.1, 0.15) is 11.3 Å². The van der Waals surface area contributed by atoms with Gasteiger partial charge in [-0.1, -0.05) is 50.1 Å². The van der Waals surface area contributed by atoms with Gasteiger partial charge in [-0.05, 0) is 102 Å². The van der Waals surface area contributed by atoms with Crippen molar-refractivity contribution in [3.8, 4) is 0 Å². The fraction of sp³-hybridized carbons (Fsp3) is 0.391. The number of benzene rings is 3. The van der Waals surface area contributed by atoms with Crippen molar-refractivity contribution in [1.82, 2.24) is 19.6 Å². The van der Waals surface area contributed by atoms with Crippen molar-refractivity contribution in [2.45, 2.75) is 57.0 Å². The number of carbonyl (C=O) groups is 1. The van der Waals surface area contributed by atoms with Crippen LogP contribution in [-0.2, 0) is 19.5 Å². The first kappa shape index (κ1) is 43.3. The number of aromatic amines is 1. The quantitative estimate of drug-likeness (QED) is 0.0773. The highest BCUT2D eigenvalue weighted by molar-refractivity contribution is 7.90. The Labute approximate surface area is 366 Å². The number of sulfonamides is 1. The number of fused-ring (bicyclic) bond motifs is 1. The molecule has 16 heteroatoms. The van der Waals surface area contributed by atoms with Gasteiger partial charge in [0, 0.05) is 85.3 Å². The van der Waals surface area contributed by atoms with Crippen LogP contribution in [0.15, 0.2) is 95.7 Å². The normalized spacial score (nSPS) is 19.0. The average molecular weight is 882 g/mol. The van der Waals surface area contributed by atoms with Crippen LogP contribution in [0.2, 0.25) is 5.02 Å². The Balaban J connectivity index is 1.02. The number of piperazine rings is 1. The Morgan fingerprint density at radius 3 is 2.58 bits per heavy atom. The molecule has 0 radical (unpaired) electrons. The van der Waals surface area contributed by atoms with Gasteiger partial charge in [-0.15, -0.1) is 0 Å². The Hall–Kier alpha value is -5.32. The molecule has 5 aromatic rings. The van der Waals surface area contributed by atoms with E-state index in [2.05, 4.69) is 55.8 Å². The molecule has 2 fully saturated rings. The molecule has 1 unspecified atom stereocenters. The van der Waals surface area contributed by atoms with E-state index in [9.17, 15) is 23.3 Å². The summed E-state index contributed by atoms with van der Waals surface area (Å²) < 4.78 is 40.7. The highest BCUT2D eigenvalue weighted by Crippen LogP contribution is 2.43. The molecule has 2 aliphatic heterocycles. The third kappa shape index (κ3) is 9.82. The predicted molar refractivity (Wildman–Crippen MR) is 242 cm³/mol. The summed E-state index contributed by atoms with van der Waals surface area (Å²) in [5, 5.41) is 16.7. The Bertz CT molecular complexity index is 2600. The van der Waals surface area contributed by atoms with Crippen molar-refractivity contribution in [2.24, 2.45) is 5.41 Å². The van der Waals surface area contributed by atoms with Gasteiger partial charge in [0.25, 0.3) is 21.6 Å². The topological polar surface area (TPSA) is 172 Å². The number of H-pyrrole nitrogens is 1. The molecule has 8 rings (SSSR count). The zero-order chi connectivity index (χ0) is 43.6. The number of nitro groups is 1. The zero-order valence-corrected chi connectivity index (χ0v) is 36.7. The van der Waals surface area contributed by atoms with Crippen LogP contribution in [0.4, 0.5) is 17.1 Å². The second kappa shape index (κ2) is 18.2. The van der Waals surface area contributed by atoms with Crippen LogP contribution < -0.4 is 14.9 Å². The summed E-state index contributed by atoms with van der Waals surface area (Å²) in [6.45, 7) is 12.2. The number of hydrogen-bond donors (Lipinski definition) is 3. The number of halogens is 1. The van der Waals surface area contributed by atoms with Crippen LogP contribution in [0.3, 0.4) is 0 Å². The van der Waals surface area contributed by atoms with Crippen molar-refractivity contribution in [2.75, 3.05) is 69.3 Å². The van der Waals surface area contributed by atoms with Gasteiger partial charge < -0.3 is 24.7 Å². The molecule has 2 saturated heterocycles. The zero-order valence-electron chi connectivity index (χ0n) is 35.2. The smallest absolute Gasteiger partial charge is 0.293 e. The van der Waals surface area contributed by atoms with Gasteiger partial charge in [-0.25, -0.2) is 18.1 Å². The van der Waals surface area contributed by atoms with Crippen LogP contribution in [0.25, 0.3) is 16.6 Å². The molecule has 1 aliphatic carbocycles. The first-order valence-corrected chi connectivity index (χ1v) is 22.9. The summed E-state index contributed by atoms with van der Waals surface area (Å²) in [6.07, 6.45) is 6.48. The van der Waals surface area contributed by atoms with Gasteiger partial charge >= 0.3 is 0 Å². The number of nitrogens with one attached hydrogen (secondary N) is 3. The van der Waals surface area contributed by atoms with E-state index in [1.807, 2.05) is 49.5 Å². The molecule has 14 nitrogen and oxygen atoms in total. The third-order valence-corrected chi connectivity index (χ3v) is 13.9. The molecule has 1 amide bonds. The monoisotopic (exact) mass is 881 g/mol. The summed E-state index contributed by atoms with van der Waals surface area (Å²) in [5.41, 5.74) is 7.33. The highest BCUT2D eigenvalue weighted by Gasteiger charge is 2.31. The second-order valence-electron chi connectivity index (χ2n) is 17.2. The van der Waals surface area contributed by atoms with Crippen LogP contribution in [0.5, 0.6) is 0 Å². The molecule has 62 heavy (non-hydrogen) atoms. The lowest BCUT2D eigenvalue weighted by Crippen LogP contribution is -2.47. The maximum atomic E-state index is 14.1. The molecule has 0 saturated carbocycles. The fourth-order valence-electron chi connectivity index (χ4n) is 8.68. The second-order valence-corrected chi connectivity index (χ2v) is 19.3. The summed E-state index contributed by atoms with van der Waals surface area (Å²) in [4.78, 5) is 37.6. The number of carbonyl (C=O) groups excluding carboxylic acids is 1. The van der Waals surface area contributed by atoms with E-state index in [-0.39, 0.29) is 35.2 Å². The van der Waals surface area contributed by atoms with E-state index in [0.29, 0.717) is 25.4 Å². The summed E-state index contributed by atoms with van der Waals surface area (Å²) in [6, 6.07) is 21.1. The van der Waals surface area contributed by atoms with Gasteiger partial charge in [0.05, 0.1) is 35.7 Å². The number of hydrogen-bond acceptors (Lipinski definition) is 11. The van der Waals surface area contributed by atoms with Gasteiger partial charge in [-0.2, -0.15) is 0 Å². The van der Waals surface area contributed by atoms with Crippen molar-refractivity contribution >= 4 is 61.2 Å². The van der Waals surface area contributed by atoms with E-state index in [1.165, 1.54) is 28.8 Å². The van der Waals surface area contributed by atoms with Crippen molar-refractivity contribution in [1.29, 1.82) is 0 Å². The molecular weight excluding hydrogens is 830 g/mol. The van der Waals surface area contributed by atoms with Crippen LogP contribution in [0.1, 0.15) is 73.0 Å². The number of nitro benzene ring substituents is 1. The van der Waals surface area contributed by atoms with Crippen LogP contribution in [0, 0.1) is 15.5 Å². The number of aromatic nitrogens is 2. The minimum atomic E-state index is -4.54. The lowest BCUT2D eigenvalue weighted by molar-refractivity contribution is -0.384. The van der Waals surface area contributed by atoms with Crippen LogP contribution in [-0.4, -0.2) is 99.3 Å². The number of amides is 1. The van der Waals surface area contributed by atoms with Crippen LogP contribution >= 0.6 is 11.6 Å². The minimum Gasteiger partial charge on any atom is -0.377 e. The Morgan fingerprint density at radius 1 is 1.05 bits per heavy atom. The number of rotatable bonds is 13. The average Bonchev–Trinajstić information content (AvgIpc) is 3.75. The molecule has 2 atom stereocenters.